The van der Waals surface area contributed by atoms with E-state index in [0.29, 0.717) is 24.3 Å². The van der Waals surface area contributed by atoms with Crippen molar-refractivity contribution in [3.8, 4) is 17.2 Å². The van der Waals surface area contributed by atoms with E-state index in [2.05, 4.69) is 5.32 Å². The van der Waals surface area contributed by atoms with Crippen molar-refractivity contribution >= 4 is 11.7 Å². The van der Waals surface area contributed by atoms with Gasteiger partial charge in [0.05, 0.1) is 7.11 Å². The molecule has 5 rings (SSSR count). The van der Waals surface area contributed by atoms with Crippen molar-refractivity contribution in [2.75, 3.05) is 13.9 Å². The van der Waals surface area contributed by atoms with Crippen LogP contribution in [0.3, 0.4) is 0 Å². The Balaban J connectivity index is 1.48. The van der Waals surface area contributed by atoms with Crippen LogP contribution in [0.25, 0.3) is 0 Å². The number of fused-ring (bicyclic) bond motifs is 1. The summed E-state index contributed by atoms with van der Waals surface area (Å²) in [6, 6.07) is 13.4. The molecule has 0 saturated carbocycles. The second-order valence-electron chi connectivity index (χ2n) is 7.61. The maximum Gasteiger partial charge on any atom is 0.231 e. The van der Waals surface area contributed by atoms with E-state index in [4.69, 9.17) is 14.2 Å². The molecule has 1 aliphatic carbocycles. The quantitative estimate of drug-likeness (QED) is 0.868. The van der Waals surface area contributed by atoms with Crippen LogP contribution in [-0.2, 0) is 9.59 Å². The van der Waals surface area contributed by atoms with Gasteiger partial charge in [0, 0.05) is 30.0 Å². The number of carbonyl (C=O) groups is 2. The summed E-state index contributed by atoms with van der Waals surface area (Å²) in [6.45, 7) is 0.195. The lowest BCUT2D eigenvalue weighted by Gasteiger charge is -2.34. The predicted molar refractivity (Wildman–Crippen MR) is 105 cm³/mol. The SMILES string of the molecule is COc1ccc(C2CC(=O)C3=C(C2)NC(=O)CC3c2ccc3c(c2)OCO3)cc1. The molecule has 2 atom stereocenters. The average Bonchev–Trinajstić information content (AvgIpc) is 3.20. The van der Waals surface area contributed by atoms with Crippen molar-refractivity contribution in [1.82, 2.24) is 5.32 Å². The molecule has 2 aromatic carbocycles. The van der Waals surface area contributed by atoms with Gasteiger partial charge in [0.1, 0.15) is 5.75 Å². The predicted octanol–water partition coefficient (Wildman–Crippen LogP) is 3.43. The number of nitrogens with one attached hydrogen (secondary N) is 1. The van der Waals surface area contributed by atoms with Crippen molar-refractivity contribution in [2.24, 2.45) is 0 Å². The van der Waals surface area contributed by atoms with Crippen LogP contribution >= 0.6 is 0 Å². The zero-order valence-corrected chi connectivity index (χ0v) is 16.1. The standard InChI is InChI=1S/C23H21NO5/c1-27-16-5-2-13(3-6-16)15-8-18-23(19(25)9-15)17(11-22(26)24-18)14-4-7-20-21(10-14)29-12-28-20/h2-7,10,15,17H,8-9,11-12H2,1H3,(H,24,26). The fraction of sp³-hybridized carbons (Fsp3) is 0.304. The number of carbonyl (C=O) groups excluding carboxylic acids is 2. The number of ketones is 1. The van der Waals surface area contributed by atoms with Gasteiger partial charge in [-0.2, -0.15) is 0 Å². The van der Waals surface area contributed by atoms with Crippen molar-refractivity contribution < 1.29 is 23.8 Å². The first-order chi connectivity index (χ1) is 14.1. The molecule has 0 bridgehead atoms. The Morgan fingerprint density at radius 2 is 1.69 bits per heavy atom. The summed E-state index contributed by atoms with van der Waals surface area (Å²) in [5.74, 6) is 1.96. The first kappa shape index (κ1) is 17.8. The number of hydrogen-bond acceptors (Lipinski definition) is 5. The van der Waals surface area contributed by atoms with Gasteiger partial charge in [-0.3, -0.25) is 9.59 Å². The molecule has 0 radical (unpaired) electrons. The van der Waals surface area contributed by atoms with Gasteiger partial charge < -0.3 is 19.5 Å². The lowest BCUT2D eigenvalue weighted by molar-refractivity contribution is -0.122. The minimum atomic E-state index is -0.252. The van der Waals surface area contributed by atoms with Crippen LogP contribution in [0.2, 0.25) is 0 Å². The van der Waals surface area contributed by atoms with Crippen LogP contribution in [0, 0.1) is 0 Å². The minimum absolute atomic E-state index is 0.0444. The zero-order chi connectivity index (χ0) is 20.0. The highest BCUT2D eigenvalue weighted by Crippen LogP contribution is 2.44. The Morgan fingerprint density at radius 3 is 2.48 bits per heavy atom. The van der Waals surface area contributed by atoms with Gasteiger partial charge in [-0.1, -0.05) is 18.2 Å². The van der Waals surface area contributed by atoms with Gasteiger partial charge >= 0.3 is 0 Å². The highest BCUT2D eigenvalue weighted by molar-refractivity contribution is 6.02. The molecule has 1 N–H and O–H groups in total. The molecule has 0 saturated heterocycles. The summed E-state index contributed by atoms with van der Waals surface area (Å²) in [6.07, 6.45) is 1.33. The molecule has 2 aromatic rings. The van der Waals surface area contributed by atoms with E-state index < -0.39 is 0 Å². The molecule has 2 heterocycles. The molecule has 0 fully saturated rings. The number of Topliss-reactive ketones (excluding diaryl/α,β-unsaturated/α-hetero) is 1. The molecule has 0 aromatic heterocycles. The normalized spacial score (nSPS) is 22.9. The lowest BCUT2D eigenvalue weighted by atomic mass is 9.73. The zero-order valence-electron chi connectivity index (χ0n) is 16.1. The van der Waals surface area contributed by atoms with Crippen LogP contribution < -0.4 is 19.5 Å². The second kappa shape index (κ2) is 6.95. The van der Waals surface area contributed by atoms with E-state index in [9.17, 15) is 9.59 Å². The number of hydrogen-bond donors (Lipinski definition) is 1. The van der Waals surface area contributed by atoms with Crippen LogP contribution in [0.5, 0.6) is 17.2 Å². The van der Waals surface area contributed by atoms with Crippen LogP contribution in [0.15, 0.2) is 53.7 Å². The van der Waals surface area contributed by atoms with Crippen molar-refractivity contribution in [2.45, 2.75) is 31.1 Å². The summed E-state index contributed by atoms with van der Waals surface area (Å²) in [5.41, 5.74) is 3.47. The smallest absolute Gasteiger partial charge is 0.231 e. The van der Waals surface area contributed by atoms with Crippen LogP contribution in [0.4, 0.5) is 0 Å². The first-order valence-corrected chi connectivity index (χ1v) is 9.72. The van der Waals surface area contributed by atoms with E-state index >= 15 is 0 Å². The number of allylic oxidation sites excluding steroid dienone is 2. The minimum Gasteiger partial charge on any atom is -0.497 e. The number of ether oxygens (including phenoxy) is 3. The highest BCUT2D eigenvalue weighted by atomic mass is 16.7. The summed E-state index contributed by atoms with van der Waals surface area (Å²) < 4.78 is 16.1. The molecule has 1 amide bonds. The van der Waals surface area contributed by atoms with Crippen molar-refractivity contribution in [3.05, 3.63) is 64.9 Å². The lowest BCUT2D eigenvalue weighted by Crippen LogP contribution is -2.38. The topological polar surface area (TPSA) is 73.9 Å². The Labute approximate surface area is 168 Å². The van der Waals surface area contributed by atoms with Crippen LogP contribution in [-0.4, -0.2) is 25.6 Å². The molecule has 3 aliphatic rings. The fourth-order valence-electron chi connectivity index (χ4n) is 4.49. The first-order valence-electron chi connectivity index (χ1n) is 9.72. The Kier molecular flexibility index (Phi) is 4.27. The van der Waals surface area contributed by atoms with Gasteiger partial charge in [0.2, 0.25) is 12.7 Å². The Hall–Kier alpha value is -3.28. The Bertz CT molecular complexity index is 1020. The van der Waals surface area contributed by atoms with Gasteiger partial charge in [-0.05, 0) is 47.7 Å². The summed E-state index contributed by atoms with van der Waals surface area (Å²) in [7, 11) is 1.63. The summed E-state index contributed by atoms with van der Waals surface area (Å²) >= 11 is 0. The van der Waals surface area contributed by atoms with E-state index in [1.165, 1.54) is 0 Å². The second-order valence-corrected chi connectivity index (χ2v) is 7.61. The largest absolute Gasteiger partial charge is 0.497 e. The third-order valence-corrected chi connectivity index (χ3v) is 5.92. The third kappa shape index (κ3) is 3.14. The van der Waals surface area contributed by atoms with Gasteiger partial charge in [0.25, 0.3) is 0 Å². The number of amides is 1. The number of rotatable bonds is 3. The van der Waals surface area contributed by atoms with E-state index in [1.807, 2.05) is 42.5 Å². The third-order valence-electron chi connectivity index (χ3n) is 5.92. The molecule has 6 heteroatoms. The molecule has 2 aliphatic heterocycles. The van der Waals surface area contributed by atoms with Crippen molar-refractivity contribution in [3.63, 3.8) is 0 Å². The van der Waals surface area contributed by atoms with E-state index in [0.717, 1.165) is 28.1 Å². The van der Waals surface area contributed by atoms with Gasteiger partial charge in [-0.15, -0.1) is 0 Å². The average molecular weight is 391 g/mol. The molecule has 148 valence electrons. The van der Waals surface area contributed by atoms with E-state index in [-0.39, 0.29) is 36.7 Å². The van der Waals surface area contributed by atoms with Crippen LogP contribution in [0.1, 0.15) is 42.2 Å². The highest BCUT2D eigenvalue weighted by Gasteiger charge is 2.38. The molecule has 29 heavy (non-hydrogen) atoms. The summed E-state index contributed by atoms with van der Waals surface area (Å²) in [5, 5.41) is 2.96. The van der Waals surface area contributed by atoms with Gasteiger partial charge in [0.15, 0.2) is 17.3 Å². The molecule has 2 unspecified atom stereocenters. The maximum absolute atomic E-state index is 13.2. The fourth-order valence-corrected chi connectivity index (χ4v) is 4.49. The molecular formula is C23H21NO5. The van der Waals surface area contributed by atoms with Gasteiger partial charge in [-0.25, -0.2) is 0 Å². The molecule has 6 nitrogen and oxygen atoms in total. The Morgan fingerprint density at radius 1 is 0.931 bits per heavy atom. The maximum atomic E-state index is 13.2. The summed E-state index contributed by atoms with van der Waals surface area (Å²) in [4.78, 5) is 25.6. The van der Waals surface area contributed by atoms with E-state index in [1.54, 1.807) is 7.11 Å². The monoisotopic (exact) mass is 391 g/mol. The number of methoxy groups -OCH3 is 1. The van der Waals surface area contributed by atoms with Crippen molar-refractivity contribution in [1.29, 1.82) is 0 Å². The number of benzene rings is 2. The molecule has 0 spiro atoms. The molecular weight excluding hydrogens is 370 g/mol.